The highest BCUT2D eigenvalue weighted by Crippen LogP contribution is 2.41. The van der Waals surface area contributed by atoms with Crippen molar-refractivity contribution in [3.63, 3.8) is 0 Å². The molecule has 89 heavy (non-hydrogen) atoms. The Balaban J connectivity index is 0.699. The van der Waals surface area contributed by atoms with Crippen molar-refractivity contribution in [1.29, 1.82) is 0 Å². The SMILES string of the molecule is CCCC(CCC(=O)NCCOCCOCCN(C=O)Cc1ccc(C2CN(C)Cc3c(Cl)cc(Cl)cc32)cc1C)(CCC(=O)NCCOCCOCCN1Cc2ccc(C3CN(C)Cc4c(Cl)cc(Cl)cc43)cc2C1=O)NC(=O)NCCN1CCOCC1. The number of nitrogens with zero attached hydrogens (tertiary/aromatic N) is 5. The molecule has 1 fully saturated rings. The molecule has 19 nitrogen and oxygen atoms in total. The number of hydrogen-bond donors (Lipinski definition) is 4. The van der Waals surface area contributed by atoms with E-state index in [1.165, 1.54) is 5.56 Å². The van der Waals surface area contributed by atoms with Gasteiger partial charge in [0.1, 0.15) is 0 Å². The Labute approximate surface area is 544 Å². The second-order valence-corrected chi connectivity index (χ2v) is 25.5. The van der Waals surface area contributed by atoms with Crippen molar-refractivity contribution in [3.8, 4) is 0 Å². The van der Waals surface area contributed by atoms with Crippen LogP contribution in [0, 0.1) is 6.92 Å². The normalized spacial score (nSPS) is 17.6. The van der Waals surface area contributed by atoms with Gasteiger partial charge in [0.15, 0.2) is 0 Å². The summed E-state index contributed by atoms with van der Waals surface area (Å²) >= 11 is 26.1. The zero-order valence-electron chi connectivity index (χ0n) is 52.0. The van der Waals surface area contributed by atoms with E-state index < -0.39 is 5.54 Å². The summed E-state index contributed by atoms with van der Waals surface area (Å²) in [7, 11) is 4.16. The van der Waals surface area contributed by atoms with Crippen LogP contribution in [0.1, 0.15) is 118 Å². The van der Waals surface area contributed by atoms with Gasteiger partial charge < -0.3 is 64.6 Å². The van der Waals surface area contributed by atoms with Crippen LogP contribution < -0.4 is 21.3 Å². The van der Waals surface area contributed by atoms with E-state index >= 15 is 0 Å². The van der Waals surface area contributed by atoms with Crippen molar-refractivity contribution in [3.05, 3.63) is 136 Å². The van der Waals surface area contributed by atoms with Crippen LogP contribution >= 0.6 is 46.4 Å². The fourth-order valence-corrected chi connectivity index (χ4v) is 13.6. The highest BCUT2D eigenvalue weighted by Gasteiger charge is 2.34. The lowest BCUT2D eigenvalue weighted by Gasteiger charge is -2.35. The Kier molecular flexibility index (Phi) is 27.5. The minimum atomic E-state index is -0.822. The van der Waals surface area contributed by atoms with Crippen LogP contribution in [0.15, 0.2) is 60.7 Å². The minimum Gasteiger partial charge on any atom is -0.379 e. The lowest BCUT2D eigenvalue weighted by Crippen LogP contribution is -2.54. The number of carbonyl (C=O) groups is 5. The van der Waals surface area contributed by atoms with E-state index in [0.717, 1.165) is 96.6 Å². The summed E-state index contributed by atoms with van der Waals surface area (Å²) in [6, 6.07) is 19.8. The average Bonchev–Trinajstić information content (AvgIpc) is 2.79. The predicted molar refractivity (Wildman–Crippen MR) is 347 cm³/mol. The molecule has 3 unspecified atom stereocenters. The standard InChI is InChI=1S/C66H89Cl4N9O10/c1-5-12-66(74-65(84)73-15-18-77-19-25-87-26-20-77,13-10-62(81)71-16-23-85-29-31-88-27-21-78(45-80)39-49-8-6-47(33-46(49)2)56-41-75(3)43-58-54(56)35-51(67)37-60(58)69)14-11-63(82)72-17-24-86-30-32-89-28-22-79-40-50-9-7-48(34-53(50)64(79)83)57-42-76(4)44-59-55(57)36-52(68)38-61(59)70/h6-9,33-38,45,56-57H,5,10-32,39-44H2,1-4H3,(H,71,81)(H,72,82)(H2,73,74,84). The van der Waals surface area contributed by atoms with Crippen molar-refractivity contribution in [1.82, 2.24) is 45.8 Å². The van der Waals surface area contributed by atoms with Crippen LogP contribution in [0.3, 0.4) is 0 Å². The molecule has 0 saturated carbocycles. The van der Waals surface area contributed by atoms with E-state index in [4.69, 9.17) is 70.1 Å². The Bertz CT molecular complexity index is 3030. The first-order valence-electron chi connectivity index (χ1n) is 31.3. The number of likely N-dealkylation sites (N-methyl/N-ethyl adjacent to an activating group) is 2. The molecule has 23 heteroatoms. The van der Waals surface area contributed by atoms with Gasteiger partial charge in [-0.25, -0.2) is 4.79 Å². The van der Waals surface area contributed by atoms with Gasteiger partial charge in [-0.3, -0.25) is 24.1 Å². The molecular weight excluding hydrogens is 1220 g/mol. The number of aryl methyl sites for hydroxylation is 1. The molecule has 4 aliphatic rings. The molecule has 4 aromatic rings. The highest BCUT2D eigenvalue weighted by atomic mass is 35.5. The lowest BCUT2D eigenvalue weighted by molar-refractivity contribution is -0.122. The number of fused-ring (bicyclic) bond motifs is 3. The van der Waals surface area contributed by atoms with Crippen LogP contribution in [0.5, 0.6) is 0 Å². The third-order valence-electron chi connectivity index (χ3n) is 17.2. The number of halogens is 4. The molecule has 3 atom stereocenters. The second kappa shape index (κ2) is 35.1. The van der Waals surface area contributed by atoms with Gasteiger partial charge in [0.25, 0.3) is 5.91 Å². The minimum absolute atomic E-state index is 0.0177. The molecular formula is C66H89Cl4N9O10. The Morgan fingerprint density at radius 1 is 0.674 bits per heavy atom. The first kappa shape index (κ1) is 69.8. The molecule has 0 aliphatic carbocycles. The molecule has 4 aromatic carbocycles. The summed E-state index contributed by atoms with van der Waals surface area (Å²) in [5.41, 5.74) is 9.67. The molecule has 4 aliphatic heterocycles. The molecule has 486 valence electrons. The van der Waals surface area contributed by atoms with Crippen LogP contribution in [-0.2, 0) is 64.2 Å². The summed E-state index contributed by atoms with van der Waals surface area (Å²) in [5.74, 6) is -0.238. The topological polar surface area (TPSA) is 196 Å². The maximum Gasteiger partial charge on any atom is 0.315 e. The Morgan fingerprint density at radius 2 is 1.24 bits per heavy atom. The number of morpholine rings is 1. The first-order chi connectivity index (χ1) is 43.0. The first-order valence-corrected chi connectivity index (χ1v) is 32.8. The highest BCUT2D eigenvalue weighted by molar-refractivity contribution is 6.35. The van der Waals surface area contributed by atoms with Crippen molar-refractivity contribution >= 4 is 76.6 Å². The quantitative estimate of drug-likeness (QED) is 0.0254. The number of nitrogens with one attached hydrogen (secondary N) is 4. The lowest BCUT2D eigenvalue weighted by atomic mass is 9.83. The molecule has 4 N–H and O–H groups in total. The van der Waals surface area contributed by atoms with Crippen molar-refractivity contribution in [2.75, 3.05) is 146 Å². The molecule has 0 aromatic heterocycles. The Hall–Kier alpha value is -5.13. The van der Waals surface area contributed by atoms with E-state index in [2.05, 4.69) is 81.3 Å². The number of ether oxygens (including phenoxy) is 5. The molecule has 0 radical (unpaired) electrons. The van der Waals surface area contributed by atoms with Gasteiger partial charge in [0.05, 0.1) is 66.1 Å². The monoisotopic (exact) mass is 1310 g/mol. The third kappa shape index (κ3) is 20.7. The largest absolute Gasteiger partial charge is 0.379 e. The van der Waals surface area contributed by atoms with E-state index in [0.29, 0.717) is 137 Å². The molecule has 8 rings (SSSR count). The van der Waals surface area contributed by atoms with Crippen LogP contribution in [0.2, 0.25) is 20.1 Å². The van der Waals surface area contributed by atoms with Crippen molar-refractivity contribution < 1.29 is 47.7 Å². The second-order valence-electron chi connectivity index (χ2n) is 23.8. The summed E-state index contributed by atoms with van der Waals surface area (Å²) in [6.45, 7) is 16.2. The summed E-state index contributed by atoms with van der Waals surface area (Å²) < 4.78 is 28.6. The van der Waals surface area contributed by atoms with Gasteiger partial charge in [-0.15, -0.1) is 0 Å². The van der Waals surface area contributed by atoms with Crippen LogP contribution in [0.4, 0.5) is 4.79 Å². The molecule has 0 bridgehead atoms. The number of amides is 6. The van der Waals surface area contributed by atoms with E-state index in [1.54, 1.807) is 21.9 Å². The van der Waals surface area contributed by atoms with Crippen molar-refractivity contribution in [2.24, 2.45) is 0 Å². The van der Waals surface area contributed by atoms with Gasteiger partial charge >= 0.3 is 6.03 Å². The van der Waals surface area contributed by atoms with Crippen LogP contribution in [-0.4, -0.2) is 206 Å². The molecule has 0 spiro atoms. The number of rotatable bonds is 35. The average molecular weight is 1310 g/mol. The summed E-state index contributed by atoms with van der Waals surface area (Å²) in [4.78, 5) is 75.9. The fourth-order valence-electron chi connectivity index (χ4n) is 12.4. The van der Waals surface area contributed by atoms with Gasteiger partial charge in [-0.2, -0.15) is 0 Å². The maximum atomic E-state index is 13.6. The number of urea groups is 1. The van der Waals surface area contributed by atoms with Gasteiger partial charge in [0.2, 0.25) is 18.2 Å². The van der Waals surface area contributed by atoms with Crippen LogP contribution in [0.25, 0.3) is 0 Å². The summed E-state index contributed by atoms with van der Waals surface area (Å²) in [6.07, 6.45) is 3.05. The van der Waals surface area contributed by atoms with Gasteiger partial charge in [-0.05, 0) is 121 Å². The summed E-state index contributed by atoms with van der Waals surface area (Å²) in [5, 5.41) is 14.6. The zero-order chi connectivity index (χ0) is 63.3. The smallest absolute Gasteiger partial charge is 0.315 e. The number of carbonyl (C=O) groups excluding carboxylic acids is 5. The number of benzene rings is 4. The van der Waals surface area contributed by atoms with Gasteiger partial charge in [0, 0.05) is 147 Å². The Morgan fingerprint density at radius 3 is 1.81 bits per heavy atom. The molecule has 6 amide bonds. The third-order valence-corrected chi connectivity index (χ3v) is 18.3. The fraction of sp³-hybridized carbons (Fsp3) is 0.561. The molecule has 1 saturated heterocycles. The van der Waals surface area contributed by atoms with Crippen molar-refractivity contribution in [2.45, 2.75) is 95.9 Å². The van der Waals surface area contributed by atoms with E-state index in [9.17, 15) is 24.0 Å². The zero-order valence-corrected chi connectivity index (χ0v) is 55.1. The number of hydrogen-bond acceptors (Lipinski definition) is 13. The maximum absolute atomic E-state index is 13.6. The van der Waals surface area contributed by atoms with E-state index in [1.807, 2.05) is 31.2 Å². The molecule has 4 heterocycles. The predicted octanol–water partition coefficient (Wildman–Crippen LogP) is 8.41. The van der Waals surface area contributed by atoms with E-state index in [-0.39, 0.29) is 74.7 Å². The van der Waals surface area contributed by atoms with Gasteiger partial charge in [-0.1, -0.05) is 90.1 Å².